The SMILES string of the molecule is NCc1cccc(C2CCN(C(=O)C3CCCO3)CC2)c1. The van der Waals surface area contributed by atoms with Gasteiger partial charge in [0.05, 0.1) is 0 Å². The normalized spacial score (nSPS) is 23.5. The Kier molecular flexibility index (Phi) is 4.56. The van der Waals surface area contributed by atoms with Crippen molar-refractivity contribution in [1.29, 1.82) is 0 Å². The zero-order chi connectivity index (χ0) is 14.7. The number of nitrogens with zero attached hydrogens (tertiary/aromatic N) is 1. The molecule has 0 bridgehead atoms. The Bertz CT molecular complexity index is 489. The molecule has 3 rings (SSSR count). The maximum absolute atomic E-state index is 12.3. The Morgan fingerprint density at radius 3 is 2.76 bits per heavy atom. The summed E-state index contributed by atoms with van der Waals surface area (Å²) in [6.45, 7) is 3.01. The first-order valence-corrected chi connectivity index (χ1v) is 7.97. The van der Waals surface area contributed by atoms with Crippen LogP contribution in [0.1, 0.15) is 42.7 Å². The molecule has 1 aromatic carbocycles. The summed E-state index contributed by atoms with van der Waals surface area (Å²) < 4.78 is 5.50. The van der Waals surface area contributed by atoms with Gasteiger partial charge in [0.15, 0.2) is 0 Å². The third-order valence-electron chi connectivity index (χ3n) is 4.67. The molecule has 21 heavy (non-hydrogen) atoms. The lowest BCUT2D eigenvalue weighted by Gasteiger charge is -2.33. The summed E-state index contributed by atoms with van der Waals surface area (Å²) in [4.78, 5) is 14.3. The van der Waals surface area contributed by atoms with Crippen molar-refractivity contribution in [3.8, 4) is 0 Å². The first-order valence-electron chi connectivity index (χ1n) is 7.97. The van der Waals surface area contributed by atoms with Gasteiger partial charge in [0, 0.05) is 26.2 Å². The summed E-state index contributed by atoms with van der Waals surface area (Å²) >= 11 is 0. The van der Waals surface area contributed by atoms with Gasteiger partial charge in [0.25, 0.3) is 5.91 Å². The number of amides is 1. The molecule has 2 fully saturated rings. The number of hydrogen-bond donors (Lipinski definition) is 1. The van der Waals surface area contributed by atoms with E-state index in [1.54, 1.807) is 0 Å². The molecule has 0 spiro atoms. The molecule has 2 aliphatic rings. The van der Waals surface area contributed by atoms with Gasteiger partial charge in [-0.15, -0.1) is 0 Å². The van der Waals surface area contributed by atoms with E-state index >= 15 is 0 Å². The minimum Gasteiger partial charge on any atom is -0.368 e. The summed E-state index contributed by atoms with van der Waals surface area (Å²) in [6.07, 6.45) is 3.79. The average molecular weight is 288 g/mol. The van der Waals surface area contributed by atoms with Crippen LogP contribution in [0.25, 0.3) is 0 Å². The molecular formula is C17H24N2O2. The van der Waals surface area contributed by atoms with Crippen LogP contribution in [0.2, 0.25) is 0 Å². The molecule has 4 nitrogen and oxygen atoms in total. The van der Waals surface area contributed by atoms with Gasteiger partial charge in [-0.05, 0) is 42.7 Å². The number of nitrogens with two attached hydrogens (primary N) is 1. The lowest BCUT2D eigenvalue weighted by atomic mass is 9.88. The van der Waals surface area contributed by atoms with E-state index in [1.165, 1.54) is 11.1 Å². The van der Waals surface area contributed by atoms with Crippen LogP contribution in [-0.4, -0.2) is 36.6 Å². The summed E-state index contributed by atoms with van der Waals surface area (Å²) in [6, 6.07) is 8.55. The van der Waals surface area contributed by atoms with E-state index in [-0.39, 0.29) is 12.0 Å². The number of benzene rings is 1. The van der Waals surface area contributed by atoms with Crippen LogP contribution in [-0.2, 0) is 16.1 Å². The zero-order valence-electron chi connectivity index (χ0n) is 12.5. The Morgan fingerprint density at radius 2 is 2.10 bits per heavy atom. The molecule has 114 valence electrons. The summed E-state index contributed by atoms with van der Waals surface area (Å²) in [5.41, 5.74) is 8.26. The van der Waals surface area contributed by atoms with Crippen molar-refractivity contribution < 1.29 is 9.53 Å². The van der Waals surface area contributed by atoms with Gasteiger partial charge >= 0.3 is 0 Å². The van der Waals surface area contributed by atoms with Crippen molar-refractivity contribution in [3.05, 3.63) is 35.4 Å². The number of likely N-dealkylation sites (tertiary alicyclic amines) is 1. The quantitative estimate of drug-likeness (QED) is 0.926. The van der Waals surface area contributed by atoms with Gasteiger partial charge in [-0.3, -0.25) is 4.79 Å². The first kappa shape index (κ1) is 14.5. The predicted molar refractivity (Wildman–Crippen MR) is 81.9 cm³/mol. The summed E-state index contributed by atoms with van der Waals surface area (Å²) in [5.74, 6) is 0.742. The van der Waals surface area contributed by atoms with Crippen LogP contribution in [0.15, 0.2) is 24.3 Å². The van der Waals surface area contributed by atoms with Gasteiger partial charge < -0.3 is 15.4 Å². The van der Waals surface area contributed by atoms with Crippen LogP contribution < -0.4 is 5.73 Å². The predicted octanol–water partition coefficient (Wildman–Crippen LogP) is 2.03. The maximum Gasteiger partial charge on any atom is 0.251 e. The Labute approximate surface area is 126 Å². The molecule has 0 saturated carbocycles. The van der Waals surface area contributed by atoms with Crippen molar-refractivity contribution in [1.82, 2.24) is 4.90 Å². The van der Waals surface area contributed by atoms with Gasteiger partial charge in [0.1, 0.15) is 6.10 Å². The Morgan fingerprint density at radius 1 is 1.29 bits per heavy atom. The van der Waals surface area contributed by atoms with Crippen LogP contribution >= 0.6 is 0 Å². The molecule has 2 saturated heterocycles. The fraction of sp³-hybridized carbons (Fsp3) is 0.588. The van der Waals surface area contributed by atoms with Crippen LogP contribution in [0.5, 0.6) is 0 Å². The van der Waals surface area contributed by atoms with E-state index in [9.17, 15) is 4.79 Å². The lowest BCUT2D eigenvalue weighted by molar-refractivity contribution is -0.142. The highest BCUT2D eigenvalue weighted by Crippen LogP contribution is 2.29. The van der Waals surface area contributed by atoms with Crippen molar-refractivity contribution in [2.75, 3.05) is 19.7 Å². The topological polar surface area (TPSA) is 55.6 Å². The second-order valence-corrected chi connectivity index (χ2v) is 6.05. The van der Waals surface area contributed by atoms with Crippen LogP contribution in [0.3, 0.4) is 0 Å². The highest BCUT2D eigenvalue weighted by molar-refractivity contribution is 5.81. The van der Waals surface area contributed by atoms with E-state index in [4.69, 9.17) is 10.5 Å². The minimum atomic E-state index is -0.179. The van der Waals surface area contributed by atoms with Crippen molar-refractivity contribution in [2.45, 2.75) is 44.2 Å². The first-order chi connectivity index (χ1) is 10.3. The fourth-order valence-electron chi connectivity index (χ4n) is 3.38. The number of rotatable bonds is 3. The average Bonchev–Trinajstić information content (AvgIpc) is 3.09. The van der Waals surface area contributed by atoms with E-state index in [0.29, 0.717) is 12.5 Å². The van der Waals surface area contributed by atoms with Crippen LogP contribution in [0.4, 0.5) is 0 Å². The highest BCUT2D eigenvalue weighted by Gasteiger charge is 2.31. The van der Waals surface area contributed by atoms with Crippen molar-refractivity contribution >= 4 is 5.91 Å². The van der Waals surface area contributed by atoms with Crippen molar-refractivity contribution in [2.24, 2.45) is 5.73 Å². The number of ether oxygens (including phenoxy) is 1. The molecule has 1 amide bonds. The number of hydrogen-bond acceptors (Lipinski definition) is 3. The third kappa shape index (κ3) is 3.27. The summed E-state index contributed by atoms with van der Waals surface area (Å²) in [5, 5.41) is 0. The monoisotopic (exact) mass is 288 g/mol. The smallest absolute Gasteiger partial charge is 0.251 e. The molecule has 0 aliphatic carbocycles. The Hall–Kier alpha value is -1.39. The maximum atomic E-state index is 12.3. The number of carbonyl (C=O) groups is 1. The molecule has 2 heterocycles. The molecule has 0 radical (unpaired) electrons. The second kappa shape index (κ2) is 6.58. The van der Waals surface area contributed by atoms with E-state index in [1.807, 2.05) is 4.90 Å². The second-order valence-electron chi connectivity index (χ2n) is 6.05. The van der Waals surface area contributed by atoms with E-state index < -0.39 is 0 Å². The van der Waals surface area contributed by atoms with Gasteiger partial charge in [-0.2, -0.15) is 0 Å². The third-order valence-corrected chi connectivity index (χ3v) is 4.67. The molecule has 1 aromatic rings. The van der Waals surface area contributed by atoms with Crippen LogP contribution in [0, 0.1) is 0 Å². The van der Waals surface area contributed by atoms with Gasteiger partial charge in [0.2, 0.25) is 0 Å². The standard InChI is InChI=1S/C17H24N2O2/c18-12-13-3-1-4-15(11-13)14-6-8-19(9-7-14)17(20)16-5-2-10-21-16/h1,3-4,11,14,16H,2,5-10,12,18H2. The van der Waals surface area contributed by atoms with E-state index in [0.717, 1.165) is 45.4 Å². The molecule has 4 heteroatoms. The van der Waals surface area contributed by atoms with E-state index in [2.05, 4.69) is 24.3 Å². The van der Waals surface area contributed by atoms with Gasteiger partial charge in [-0.1, -0.05) is 24.3 Å². The summed E-state index contributed by atoms with van der Waals surface area (Å²) in [7, 11) is 0. The highest BCUT2D eigenvalue weighted by atomic mass is 16.5. The minimum absolute atomic E-state index is 0.179. The molecule has 2 N–H and O–H groups in total. The molecule has 0 aromatic heterocycles. The molecular weight excluding hydrogens is 264 g/mol. The zero-order valence-corrected chi connectivity index (χ0v) is 12.5. The largest absolute Gasteiger partial charge is 0.368 e. The molecule has 2 aliphatic heterocycles. The fourth-order valence-corrected chi connectivity index (χ4v) is 3.38. The molecule has 1 unspecified atom stereocenters. The van der Waals surface area contributed by atoms with Gasteiger partial charge in [-0.25, -0.2) is 0 Å². The lowest BCUT2D eigenvalue weighted by Crippen LogP contribution is -2.43. The number of piperidine rings is 1. The number of carbonyl (C=O) groups excluding carboxylic acids is 1. The Balaban J connectivity index is 1.58. The van der Waals surface area contributed by atoms with Crippen molar-refractivity contribution in [3.63, 3.8) is 0 Å². The molecule has 1 atom stereocenters.